The highest BCUT2D eigenvalue weighted by Gasteiger charge is 2.31. The molecule has 0 aromatic carbocycles. The second-order valence-corrected chi connectivity index (χ2v) is 12.5. The van der Waals surface area contributed by atoms with Crippen LogP contribution in [0.15, 0.2) is 9.32 Å². The standard InChI is InChI=1S/C29H43N7O2/c1-17-12-14-20(15-13-17)16-36-23-24(30-19(3)22-10-7-11-22)31-26(27-34-29(37)38-35-27)32-25(23)33-28(36)18(2)21-8-5-4-6-9-21/h17-22H,4-16H2,1-3H3,(H,30,31,32)(H,34,35,37)/t17?,18?,19-,20?/m1/s1. The average molecular weight is 522 g/mol. The van der Waals surface area contributed by atoms with Crippen LogP contribution in [0.5, 0.6) is 0 Å². The molecule has 2 atom stereocenters. The Bertz CT molecular complexity index is 1290. The zero-order valence-electron chi connectivity index (χ0n) is 23.2. The maximum Gasteiger partial charge on any atom is 0.439 e. The van der Waals surface area contributed by atoms with Crippen molar-refractivity contribution in [1.82, 2.24) is 29.7 Å². The van der Waals surface area contributed by atoms with E-state index in [0.717, 1.165) is 29.6 Å². The summed E-state index contributed by atoms with van der Waals surface area (Å²) in [5.41, 5.74) is 1.69. The molecule has 0 amide bonds. The molecular formula is C29H43N7O2. The third-order valence-electron chi connectivity index (χ3n) is 9.85. The summed E-state index contributed by atoms with van der Waals surface area (Å²) in [6.07, 6.45) is 15.4. The lowest BCUT2D eigenvalue weighted by atomic mass is 9.80. The summed E-state index contributed by atoms with van der Waals surface area (Å²) in [5, 5.41) is 7.64. The summed E-state index contributed by atoms with van der Waals surface area (Å²) in [7, 11) is 0. The van der Waals surface area contributed by atoms with E-state index in [9.17, 15) is 4.79 Å². The number of aromatic nitrogens is 6. The molecule has 3 aliphatic rings. The molecule has 9 heteroatoms. The second-order valence-electron chi connectivity index (χ2n) is 12.5. The quantitative estimate of drug-likeness (QED) is 0.358. The van der Waals surface area contributed by atoms with Crippen LogP contribution in [0.4, 0.5) is 5.82 Å². The molecule has 38 heavy (non-hydrogen) atoms. The zero-order valence-corrected chi connectivity index (χ0v) is 23.2. The molecule has 9 nitrogen and oxygen atoms in total. The molecule has 3 aliphatic carbocycles. The average Bonchev–Trinajstić information content (AvgIpc) is 3.48. The van der Waals surface area contributed by atoms with Crippen molar-refractivity contribution < 1.29 is 4.52 Å². The largest absolute Gasteiger partial charge is 0.439 e. The summed E-state index contributed by atoms with van der Waals surface area (Å²) < 4.78 is 7.26. The lowest BCUT2D eigenvalue weighted by molar-refractivity contribution is 0.257. The van der Waals surface area contributed by atoms with Gasteiger partial charge in [0.15, 0.2) is 11.5 Å². The first-order valence-corrected chi connectivity index (χ1v) is 15.1. The van der Waals surface area contributed by atoms with E-state index in [-0.39, 0.29) is 5.82 Å². The third-order valence-corrected chi connectivity index (χ3v) is 9.85. The first-order valence-electron chi connectivity index (χ1n) is 15.1. The monoisotopic (exact) mass is 521 g/mol. The molecule has 0 spiro atoms. The van der Waals surface area contributed by atoms with Crippen molar-refractivity contribution in [3.63, 3.8) is 0 Å². The molecule has 3 aromatic heterocycles. The van der Waals surface area contributed by atoms with Gasteiger partial charge in [0.25, 0.3) is 0 Å². The van der Waals surface area contributed by atoms with Gasteiger partial charge in [-0.2, -0.15) is 0 Å². The van der Waals surface area contributed by atoms with E-state index in [4.69, 9.17) is 19.5 Å². The minimum absolute atomic E-state index is 0.244. The lowest BCUT2D eigenvalue weighted by Crippen LogP contribution is -2.31. The van der Waals surface area contributed by atoms with Gasteiger partial charge in [0.05, 0.1) is 0 Å². The van der Waals surface area contributed by atoms with Crippen LogP contribution in [-0.4, -0.2) is 35.7 Å². The second kappa shape index (κ2) is 10.8. The number of nitrogens with one attached hydrogen (secondary N) is 2. The lowest BCUT2D eigenvalue weighted by Gasteiger charge is -2.33. The highest BCUT2D eigenvalue weighted by atomic mass is 16.5. The van der Waals surface area contributed by atoms with E-state index in [2.05, 4.69) is 40.8 Å². The number of imidazole rings is 1. The SMILES string of the molecule is CC1CCC(Cn2c(C(C)C3CCCCC3)nc3nc(-c4noc(=O)[nH]4)nc(N[C@H](C)C4CCC4)c32)CC1. The number of hydrogen-bond acceptors (Lipinski definition) is 7. The Morgan fingerprint density at radius 2 is 1.68 bits per heavy atom. The topological polar surface area (TPSA) is 115 Å². The Kier molecular flexibility index (Phi) is 7.27. The number of rotatable bonds is 8. The number of aromatic amines is 1. The Morgan fingerprint density at radius 3 is 2.34 bits per heavy atom. The molecule has 3 aromatic rings. The predicted molar refractivity (Wildman–Crippen MR) is 148 cm³/mol. The number of anilines is 1. The Morgan fingerprint density at radius 1 is 0.947 bits per heavy atom. The van der Waals surface area contributed by atoms with Gasteiger partial charge in [0.1, 0.15) is 11.3 Å². The fourth-order valence-electron chi connectivity index (χ4n) is 7.01. The van der Waals surface area contributed by atoms with Crippen LogP contribution < -0.4 is 11.1 Å². The summed E-state index contributed by atoms with van der Waals surface area (Å²) in [6, 6.07) is 0.296. The van der Waals surface area contributed by atoms with Crippen molar-refractivity contribution >= 4 is 17.0 Å². The van der Waals surface area contributed by atoms with E-state index < -0.39 is 5.76 Å². The van der Waals surface area contributed by atoms with Gasteiger partial charge < -0.3 is 9.88 Å². The van der Waals surface area contributed by atoms with Crippen LogP contribution in [0, 0.1) is 23.7 Å². The Labute approximate surface area is 224 Å². The first kappa shape index (κ1) is 25.6. The summed E-state index contributed by atoms with van der Waals surface area (Å²) >= 11 is 0. The van der Waals surface area contributed by atoms with Gasteiger partial charge in [-0.25, -0.2) is 19.7 Å². The fourth-order valence-corrected chi connectivity index (χ4v) is 7.01. The zero-order chi connectivity index (χ0) is 26.2. The Hall–Kier alpha value is -2.71. The molecule has 3 saturated carbocycles. The van der Waals surface area contributed by atoms with E-state index in [1.54, 1.807) is 0 Å². The molecule has 0 bridgehead atoms. The van der Waals surface area contributed by atoms with Crippen LogP contribution in [0.25, 0.3) is 22.8 Å². The number of hydrogen-bond donors (Lipinski definition) is 2. The van der Waals surface area contributed by atoms with Gasteiger partial charge in [-0.3, -0.25) is 9.51 Å². The summed E-state index contributed by atoms with van der Waals surface area (Å²) in [5.74, 6) is 5.05. The molecule has 1 unspecified atom stereocenters. The van der Waals surface area contributed by atoms with E-state index in [0.29, 0.717) is 41.2 Å². The van der Waals surface area contributed by atoms with Gasteiger partial charge >= 0.3 is 5.76 Å². The van der Waals surface area contributed by atoms with Crippen LogP contribution in [-0.2, 0) is 6.54 Å². The van der Waals surface area contributed by atoms with Crippen molar-refractivity contribution in [2.75, 3.05) is 5.32 Å². The molecule has 3 fully saturated rings. The van der Waals surface area contributed by atoms with Crippen LogP contribution in [0.2, 0.25) is 0 Å². The number of H-pyrrole nitrogens is 1. The van der Waals surface area contributed by atoms with Crippen molar-refractivity contribution in [2.45, 2.75) is 116 Å². The molecular weight excluding hydrogens is 478 g/mol. The van der Waals surface area contributed by atoms with Gasteiger partial charge in [0.2, 0.25) is 11.6 Å². The summed E-state index contributed by atoms with van der Waals surface area (Å²) in [4.78, 5) is 29.4. The first-order chi connectivity index (χ1) is 18.5. The van der Waals surface area contributed by atoms with E-state index in [1.165, 1.54) is 77.0 Å². The highest BCUT2D eigenvalue weighted by Crippen LogP contribution is 2.40. The number of fused-ring (bicyclic) bond motifs is 1. The van der Waals surface area contributed by atoms with Gasteiger partial charge in [0, 0.05) is 18.5 Å². The highest BCUT2D eigenvalue weighted by molar-refractivity contribution is 5.85. The normalized spacial score (nSPS) is 24.8. The maximum absolute atomic E-state index is 11.7. The summed E-state index contributed by atoms with van der Waals surface area (Å²) in [6.45, 7) is 7.97. The van der Waals surface area contributed by atoms with Gasteiger partial charge in [-0.1, -0.05) is 57.5 Å². The molecule has 2 N–H and O–H groups in total. The van der Waals surface area contributed by atoms with Crippen LogP contribution in [0.1, 0.15) is 110 Å². The number of nitrogens with zero attached hydrogens (tertiary/aromatic N) is 5. The van der Waals surface area contributed by atoms with Gasteiger partial charge in [-0.15, -0.1) is 0 Å². The predicted octanol–water partition coefficient (Wildman–Crippen LogP) is 6.28. The molecule has 3 heterocycles. The van der Waals surface area contributed by atoms with Crippen molar-refractivity contribution in [3.8, 4) is 11.6 Å². The van der Waals surface area contributed by atoms with Crippen LogP contribution >= 0.6 is 0 Å². The molecule has 0 saturated heterocycles. The fraction of sp³-hybridized carbons (Fsp3) is 0.759. The smallest absolute Gasteiger partial charge is 0.365 e. The van der Waals surface area contributed by atoms with Crippen LogP contribution in [0.3, 0.4) is 0 Å². The molecule has 6 rings (SSSR count). The molecule has 0 aliphatic heterocycles. The minimum atomic E-state index is -0.607. The molecule has 0 radical (unpaired) electrons. The maximum atomic E-state index is 11.7. The van der Waals surface area contributed by atoms with Crippen molar-refractivity contribution in [3.05, 3.63) is 16.4 Å². The molecule has 206 valence electrons. The van der Waals surface area contributed by atoms with E-state index in [1.807, 2.05) is 0 Å². The van der Waals surface area contributed by atoms with Gasteiger partial charge in [-0.05, 0) is 69.1 Å². The van der Waals surface area contributed by atoms with Crippen molar-refractivity contribution in [2.24, 2.45) is 23.7 Å². The van der Waals surface area contributed by atoms with Crippen molar-refractivity contribution in [1.29, 1.82) is 0 Å². The third kappa shape index (κ3) is 5.13. The minimum Gasteiger partial charge on any atom is -0.365 e. The Balaban J connectivity index is 1.46. The van der Waals surface area contributed by atoms with E-state index >= 15 is 0 Å².